The van der Waals surface area contributed by atoms with Crippen molar-refractivity contribution >= 4 is 11.9 Å². The summed E-state index contributed by atoms with van der Waals surface area (Å²) >= 11 is 0. The number of aliphatic carboxylic acids is 2. The van der Waals surface area contributed by atoms with Crippen LogP contribution in [-0.2, 0) is 9.59 Å². The van der Waals surface area contributed by atoms with Gasteiger partial charge in [-0.3, -0.25) is 9.59 Å². The summed E-state index contributed by atoms with van der Waals surface area (Å²) in [5.41, 5.74) is 14.2. The lowest BCUT2D eigenvalue weighted by molar-refractivity contribution is -0.147. The zero-order valence-electron chi connectivity index (χ0n) is 17.7. The molecule has 0 aliphatic heterocycles. The Kier molecular flexibility index (Phi) is 13.0. The van der Waals surface area contributed by atoms with Crippen molar-refractivity contribution in [2.75, 3.05) is 0 Å². The van der Waals surface area contributed by atoms with Gasteiger partial charge < -0.3 is 21.7 Å². The average Bonchev–Trinajstić information content (AvgIpc) is 2.68. The molecule has 0 aliphatic carbocycles. The maximum Gasteiger partial charge on any atom is 0.314 e. The van der Waals surface area contributed by atoms with Gasteiger partial charge in [-0.05, 0) is 36.8 Å². The molecule has 29 heavy (non-hydrogen) atoms. The van der Waals surface area contributed by atoms with Gasteiger partial charge in [0, 0.05) is 12.1 Å². The maximum atomic E-state index is 9.43. The fourth-order valence-electron chi connectivity index (χ4n) is 2.25. The molecule has 0 amide bonds. The lowest BCUT2D eigenvalue weighted by Gasteiger charge is -2.15. The van der Waals surface area contributed by atoms with Crippen molar-refractivity contribution < 1.29 is 19.8 Å². The van der Waals surface area contributed by atoms with Crippen LogP contribution in [0.15, 0.2) is 60.7 Å². The first kappa shape index (κ1) is 26.3. The SMILES string of the molecule is CC(N)[C@@H](C)c1ccccc1.C[C@@H](N)[C@@H](C)c1ccccc1.O=C(O)CC(=O)O. The number of benzene rings is 2. The standard InChI is InChI=1S/2C10H15N.C3H4O4/c2*1-8(9(2)11)10-6-4-3-5-7-10;4-2(5)1-3(6)7/h2*3-9H,11H2,1-2H3;1H2,(H,4,5)(H,6,7)/t8-,9?;8-,9-;/m11./s1. The summed E-state index contributed by atoms with van der Waals surface area (Å²) in [5.74, 6) is -1.72. The molecule has 0 spiro atoms. The predicted octanol–water partition coefficient (Wildman–Crippen LogP) is 3.82. The van der Waals surface area contributed by atoms with Crippen LogP contribution in [0.2, 0.25) is 0 Å². The summed E-state index contributed by atoms with van der Waals surface area (Å²) in [4.78, 5) is 18.9. The van der Waals surface area contributed by atoms with E-state index >= 15 is 0 Å². The fourth-order valence-corrected chi connectivity index (χ4v) is 2.25. The van der Waals surface area contributed by atoms with Crippen molar-refractivity contribution in [3.8, 4) is 0 Å². The number of nitrogens with two attached hydrogens (primary N) is 2. The monoisotopic (exact) mass is 402 g/mol. The third-order valence-corrected chi connectivity index (χ3v) is 4.53. The van der Waals surface area contributed by atoms with Crippen molar-refractivity contribution in [3.63, 3.8) is 0 Å². The Bertz CT molecular complexity index is 642. The molecule has 4 atom stereocenters. The summed E-state index contributed by atoms with van der Waals surface area (Å²) in [6.07, 6.45) is -0.806. The minimum atomic E-state index is -1.31. The zero-order chi connectivity index (χ0) is 22.4. The Labute approximate surface area is 173 Å². The molecule has 2 aromatic rings. The van der Waals surface area contributed by atoms with Gasteiger partial charge in [0.25, 0.3) is 0 Å². The van der Waals surface area contributed by atoms with E-state index in [1.165, 1.54) is 11.1 Å². The first-order valence-electron chi connectivity index (χ1n) is 9.60. The second-order valence-corrected chi connectivity index (χ2v) is 7.08. The van der Waals surface area contributed by atoms with Crippen molar-refractivity contribution in [2.24, 2.45) is 11.5 Å². The number of carbonyl (C=O) groups is 2. The summed E-state index contributed by atoms with van der Waals surface area (Å²) in [6, 6.07) is 21.2. The predicted molar refractivity (Wildman–Crippen MR) is 117 cm³/mol. The molecule has 2 rings (SSSR count). The molecular weight excluding hydrogens is 368 g/mol. The van der Waals surface area contributed by atoms with Gasteiger partial charge in [-0.15, -0.1) is 0 Å². The van der Waals surface area contributed by atoms with E-state index in [1.54, 1.807) is 0 Å². The van der Waals surface area contributed by atoms with Gasteiger partial charge in [-0.1, -0.05) is 74.5 Å². The van der Waals surface area contributed by atoms with Crippen molar-refractivity contribution in [1.82, 2.24) is 0 Å². The number of hydrogen-bond acceptors (Lipinski definition) is 4. The van der Waals surface area contributed by atoms with E-state index in [0.717, 1.165) is 0 Å². The van der Waals surface area contributed by atoms with Gasteiger partial charge in [0.1, 0.15) is 6.42 Å². The highest BCUT2D eigenvalue weighted by Gasteiger charge is 2.09. The molecule has 0 fully saturated rings. The van der Waals surface area contributed by atoms with Crippen molar-refractivity contribution in [2.45, 2.75) is 58.0 Å². The van der Waals surface area contributed by atoms with E-state index in [1.807, 2.05) is 50.2 Å². The van der Waals surface area contributed by atoms with Crippen molar-refractivity contribution in [1.29, 1.82) is 0 Å². The largest absolute Gasteiger partial charge is 0.481 e. The Morgan fingerprint density at radius 3 is 1.14 bits per heavy atom. The van der Waals surface area contributed by atoms with Crippen LogP contribution in [0.25, 0.3) is 0 Å². The summed E-state index contributed by atoms with van der Waals surface area (Å²) in [6.45, 7) is 8.38. The van der Waals surface area contributed by atoms with Crippen LogP contribution in [0.5, 0.6) is 0 Å². The molecular formula is C23H34N2O4. The summed E-state index contributed by atoms with van der Waals surface area (Å²) < 4.78 is 0. The number of carboxylic acids is 2. The molecule has 1 unspecified atom stereocenters. The molecule has 0 saturated carbocycles. The van der Waals surface area contributed by atoms with Gasteiger partial charge in [-0.25, -0.2) is 0 Å². The minimum absolute atomic E-state index is 0.234. The van der Waals surface area contributed by atoms with E-state index in [-0.39, 0.29) is 12.1 Å². The Balaban J connectivity index is 0.000000419. The van der Waals surface area contributed by atoms with E-state index in [0.29, 0.717) is 11.8 Å². The molecule has 0 heterocycles. The van der Waals surface area contributed by atoms with Crippen LogP contribution in [0.1, 0.15) is 57.1 Å². The van der Waals surface area contributed by atoms with E-state index in [9.17, 15) is 9.59 Å². The van der Waals surface area contributed by atoms with Gasteiger partial charge in [0.05, 0.1) is 0 Å². The van der Waals surface area contributed by atoms with Crippen molar-refractivity contribution in [3.05, 3.63) is 71.8 Å². The summed E-state index contributed by atoms with van der Waals surface area (Å²) in [5, 5.41) is 15.4. The summed E-state index contributed by atoms with van der Waals surface area (Å²) in [7, 11) is 0. The molecule has 6 heteroatoms. The smallest absolute Gasteiger partial charge is 0.314 e. The van der Waals surface area contributed by atoms with Crippen LogP contribution in [0.3, 0.4) is 0 Å². The number of carboxylic acid groups (broad SMARTS) is 2. The quantitative estimate of drug-likeness (QED) is 0.544. The van der Waals surface area contributed by atoms with E-state index < -0.39 is 18.4 Å². The normalized spacial score (nSPS) is 14.0. The zero-order valence-corrected chi connectivity index (χ0v) is 17.7. The van der Waals surface area contributed by atoms with E-state index in [4.69, 9.17) is 21.7 Å². The third-order valence-electron chi connectivity index (χ3n) is 4.53. The fraction of sp³-hybridized carbons (Fsp3) is 0.391. The molecule has 0 radical (unpaired) electrons. The highest BCUT2D eigenvalue weighted by atomic mass is 16.4. The average molecular weight is 403 g/mol. The van der Waals surface area contributed by atoms with Crippen LogP contribution in [0.4, 0.5) is 0 Å². The van der Waals surface area contributed by atoms with Crippen LogP contribution in [0, 0.1) is 0 Å². The molecule has 2 aromatic carbocycles. The Morgan fingerprint density at radius 2 is 0.966 bits per heavy atom. The number of rotatable bonds is 6. The van der Waals surface area contributed by atoms with Crippen LogP contribution in [-0.4, -0.2) is 34.2 Å². The highest BCUT2D eigenvalue weighted by Crippen LogP contribution is 2.17. The molecule has 0 saturated heterocycles. The maximum absolute atomic E-state index is 9.43. The molecule has 6 N–H and O–H groups in total. The molecule has 6 nitrogen and oxygen atoms in total. The lowest BCUT2D eigenvalue weighted by Crippen LogP contribution is -2.22. The van der Waals surface area contributed by atoms with Gasteiger partial charge in [-0.2, -0.15) is 0 Å². The lowest BCUT2D eigenvalue weighted by atomic mass is 9.95. The first-order chi connectivity index (χ1) is 13.6. The van der Waals surface area contributed by atoms with Crippen LogP contribution < -0.4 is 11.5 Å². The molecule has 0 aliphatic rings. The van der Waals surface area contributed by atoms with Gasteiger partial charge >= 0.3 is 11.9 Å². The van der Waals surface area contributed by atoms with Crippen LogP contribution >= 0.6 is 0 Å². The third kappa shape index (κ3) is 12.4. The molecule has 160 valence electrons. The van der Waals surface area contributed by atoms with Gasteiger partial charge in [0.2, 0.25) is 0 Å². The topological polar surface area (TPSA) is 127 Å². The Morgan fingerprint density at radius 1 is 0.690 bits per heavy atom. The first-order valence-corrected chi connectivity index (χ1v) is 9.60. The van der Waals surface area contributed by atoms with E-state index in [2.05, 4.69) is 38.1 Å². The second-order valence-electron chi connectivity index (χ2n) is 7.08. The molecule has 0 bridgehead atoms. The second kappa shape index (κ2) is 14.3. The highest BCUT2D eigenvalue weighted by molar-refractivity contribution is 5.88. The minimum Gasteiger partial charge on any atom is -0.481 e. The Hall–Kier alpha value is -2.70. The van der Waals surface area contributed by atoms with Gasteiger partial charge in [0.15, 0.2) is 0 Å². The number of hydrogen-bond donors (Lipinski definition) is 4. The molecule has 0 aromatic heterocycles.